The predicted molar refractivity (Wildman–Crippen MR) is 105 cm³/mol. The first-order chi connectivity index (χ1) is 14.3. The Kier molecular flexibility index (Phi) is 6.00. The van der Waals surface area contributed by atoms with Crippen molar-refractivity contribution >= 4 is 23.7 Å². The number of esters is 1. The lowest BCUT2D eigenvalue weighted by Crippen LogP contribution is -2.33. The lowest BCUT2D eigenvalue weighted by molar-refractivity contribution is -0.119. The van der Waals surface area contributed by atoms with Gasteiger partial charge in [0, 0.05) is 18.8 Å². The van der Waals surface area contributed by atoms with Crippen molar-refractivity contribution in [1.29, 1.82) is 0 Å². The summed E-state index contributed by atoms with van der Waals surface area (Å²) in [4.78, 5) is 62.6. The van der Waals surface area contributed by atoms with Crippen LogP contribution in [0.2, 0.25) is 0 Å². The minimum Gasteiger partial charge on any atom is -0.462 e. The van der Waals surface area contributed by atoms with Gasteiger partial charge in [0.2, 0.25) is 5.91 Å². The summed E-state index contributed by atoms with van der Waals surface area (Å²) in [5.41, 5.74) is -0.970. The molecule has 1 fully saturated rings. The number of ether oxygens (including phenoxy) is 2. The fraction of sp³-hybridized carbons (Fsp3) is 0.316. The van der Waals surface area contributed by atoms with Crippen LogP contribution in [-0.4, -0.2) is 53.3 Å². The zero-order chi connectivity index (χ0) is 21.8. The molecule has 2 aromatic rings. The number of aromatic amines is 1. The number of anilines is 1. The van der Waals surface area contributed by atoms with Crippen LogP contribution in [0.1, 0.15) is 24.2 Å². The van der Waals surface area contributed by atoms with E-state index in [0.717, 1.165) is 10.8 Å². The lowest BCUT2D eigenvalue weighted by atomic mass is 10.2. The molecular weight excluding hydrogens is 396 g/mol. The first-order valence-corrected chi connectivity index (χ1v) is 9.16. The van der Waals surface area contributed by atoms with E-state index in [9.17, 15) is 24.0 Å². The number of nitrogens with zero attached hydrogens (tertiary/aromatic N) is 2. The standard InChI is InChI=1S/C19H20N4O7/c1-3-29-17(26)15-10-22(18(27)21-16(15)25)12-4-6-13(7-5-12)23-9-14(30-19(23)28)8-20-11(2)24/h4-7,10,14H,3,8-9H2,1-2H3,(H,20,24)(H,21,25,27). The van der Waals surface area contributed by atoms with Crippen LogP contribution in [0.4, 0.5) is 10.5 Å². The maximum Gasteiger partial charge on any atom is 0.414 e. The van der Waals surface area contributed by atoms with E-state index < -0.39 is 29.4 Å². The van der Waals surface area contributed by atoms with Crippen LogP contribution in [0.15, 0.2) is 40.1 Å². The van der Waals surface area contributed by atoms with E-state index in [1.165, 1.54) is 11.8 Å². The average molecular weight is 416 g/mol. The molecule has 1 unspecified atom stereocenters. The third-order valence-corrected chi connectivity index (χ3v) is 4.33. The molecular formula is C19H20N4O7. The summed E-state index contributed by atoms with van der Waals surface area (Å²) in [6.07, 6.45) is 0.0841. The molecule has 1 atom stereocenters. The third kappa shape index (κ3) is 4.40. The largest absolute Gasteiger partial charge is 0.462 e. The Bertz CT molecular complexity index is 1090. The Balaban J connectivity index is 1.83. The number of H-pyrrole nitrogens is 1. The Hall–Kier alpha value is -3.89. The number of carbonyl (C=O) groups is 3. The maximum absolute atomic E-state index is 12.2. The van der Waals surface area contributed by atoms with Gasteiger partial charge in [0.05, 0.1) is 25.4 Å². The highest BCUT2D eigenvalue weighted by Crippen LogP contribution is 2.22. The second-order valence-corrected chi connectivity index (χ2v) is 6.46. The number of hydrogen-bond donors (Lipinski definition) is 2. The molecule has 1 saturated heterocycles. The van der Waals surface area contributed by atoms with Crippen LogP contribution in [0.5, 0.6) is 0 Å². The third-order valence-electron chi connectivity index (χ3n) is 4.33. The Morgan fingerprint density at radius 3 is 2.50 bits per heavy atom. The first kappa shape index (κ1) is 20.8. The molecule has 1 aromatic carbocycles. The van der Waals surface area contributed by atoms with Crippen molar-refractivity contribution in [2.45, 2.75) is 20.0 Å². The molecule has 11 nitrogen and oxygen atoms in total. The summed E-state index contributed by atoms with van der Waals surface area (Å²) in [5.74, 6) is -1.06. The SMILES string of the molecule is CCOC(=O)c1cn(-c2ccc(N3CC(CNC(C)=O)OC3=O)cc2)c(=O)[nH]c1=O. The molecule has 0 spiro atoms. The van der Waals surface area contributed by atoms with Gasteiger partial charge in [-0.05, 0) is 31.2 Å². The van der Waals surface area contributed by atoms with Gasteiger partial charge in [0.15, 0.2) is 0 Å². The molecule has 0 aliphatic carbocycles. The molecule has 0 bridgehead atoms. The Labute approximate surface area is 170 Å². The summed E-state index contributed by atoms with van der Waals surface area (Å²) < 4.78 is 11.1. The fourth-order valence-corrected chi connectivity index (χ4v) is 2.91. The lowest BCUT2D eigenvalue weighted by Gasteiger charge is -2.14. The van der Waals surface area contributed by atoms with E-state index in [0.29, 0.717) is 11.4 Å². The van der Waals surface area contributed by atoms with E-state index >= 15 is 0 Å². The number of aromatic nitrogens is 2. The summed E-state index contributed by atoms with van der Waals surface area (Å²) >= 11 is 0. The highest BCUT2D eigenvalue weighted by atomic mass is 16.6. The van der Waals surface area contributed by atoms with Gasteiger partial charge in [-0.2, -0.15) is 0 Å². The quantitative estimate of drug-likeness (QED) is 0.640. The fourth-order valence-electron chi connectivity index (χ4n) is 2.91. The molecule has 0 radical (unpaired) electrons. The van der Waals surface area contributed by atoms with Gasteiger partial charge in [0.25, 0.3) is 5.56 Å². The minimum atomic E-state index is -0.839. The zero-order valence-electron chi connectivity index (χ0n) is 16.3. The van der Waals surface area contributed by atoms with Crippen molar-refractivity contribution in [2.75, 3.05) is 24.6 Å². The van der Waals surface area contributed by atoms with Crippen LogP contribution in [0.25, 0.3) is 5.69 Å². The molecule has 11 heteroatoms. The van der Waals surface area contributed by atoms with Gasteiger partial charge in [-0.25, -0.2) is 14.4 Å². The second-order valence-electron chi connectivity index (χ2n) is 6.46. The molecule has 158 valence electrons. The molecule has 2 N–H and O–H groups in total. The summed E-state index contributed by atoms with van der Waals surface area (Å²) in [5, 5.41) is 2.60. The predicted octanol–water partition coefficient (Wildman–Crippen LogP) is 0.164. The molecule has 3 rings (SSSR count). The Morgan fingerprint density at radius 1 is 1.20 bits per heavy atom. The van der Waals surface area contributed by atoms with Gasteiger partial charge >= 0.3 is 17.8 Å². The molecule has 1 aliphatic rings. The van der Waals surface area contributed by atoms with E-state index in [1.54, 1.807) is 31.2 Å². The maximum atomic E-state index is 12.2. The first-order valence-electron chi connectivity index (χ1n) is 9.16. The number of benzene rings is 1. The van der Waals surface area contributed by atoms with Gasteiger partial charge in [-0.15, -0.1) is 0 Å². The zero-order valence-corrected chi connectivity index (χ0v) is 16.3. The van der Waals surface area contributed by atoms with Crippen molar-refractivity contribution in [3.05, 3.63) is 56.9 Å². The smallest absolute Gasteiger partial charge is 0.414 e. The number of cyclic esters (lactones) is 1. The minimum absolute atomic E-state index is 0.0843. The second kappa shape index (κ2) is 8.64. The summed E-state index contributed by atoms with van der Waals surface area (Å²) in [7, 11) is 0. The summed E-state index contributed by atoms with van der Waals surface area (Å²) in [6.45, 7) is 3.52. The van der Waals surface area contributed by atoms with E-state index in [4.69, 9.17) is 9.47 Å². The molecule has 1 aromatic heterocycles. The normalized spacial score (nSPS) is 15.6. The Morgan fingerprint density at radius 2 is 1.87 bits per heavy atom. The van der Waals surface area contributed by atoms with Crippen molar-refractivity contribution < 1.29 is 23.9 Å². The van der Waals surface area contributed by atoms with Crippen LogP contribution >= 0.6 is 0 Å². The van der Waals surface area contributed by atoms with Crippen molar-refractivity contribution in [2.24, 2.45) is 0 Å². The van der Waals surface area contributed by atoms with Crippen LogP contribution in [0, 0.1) is 0 Å². The number of hydrogen-bond acceptors (Lipinski definition) is 7. The number of amides is 2. The molecule has 2 heterocycles. The van der Waals surface area contributed by atoms with Gasteiger partial charge < -0.3 is 14.8 Å². The number of nitrogens with one attached hydrogen (secondary N) is 2. The highest BCUT2D eigenvalue weighted by Gasteiger charge is 2.32. The average Bonchev–Trinajstić information content (AvgIpc) is 3.07. The molecule has 0 saturated carbocycles. The van der Waals surface area contributed by atoms with Crippen LogP contribution in [0.3, 0.4) is 0 Å². The van der Waals surface area contributed by atoms with Crippen molar-refractivity contribution in [3.63, 3.8) is 0 Å². The van der Waals surface area contributed by atoms with Gasteiger partial charge in [-0.3, -0.25) is 24.0 Å². The van der Waals surface area contributed by atoms with Gasteiger partial charge in [-0.1, -0.05) is 0 Å². The van der Waals surface area contributed by atoms with Gasteiger partial charge in [0.1, 0.15) is 11.7 Å². The van der Waals surface area contributed by atoms with Crippen molar-refractivity contribution in [3.8, 4) is 5.69 Å². The van der Waals surface area contributed by atoms with Crippen molar-refractivity contribution in [1.82, 2.24) is 14.9 Å². The molecule has 30 heavy (non-hydrogen) atoms. The number of rotatable bonds is 6. The van der Waals surface area contributed by atoms with Crippen LogP contribution < -0.4 is 21.5 Å². The monoisotopic (exact) mass is 416 g/mol. The molecule has 2 amide bonds. The summed E-state index contributed by atoms with van der Waals surface area (Å²) in [6, 6.07) is 6.30. The van der Waals surface area contributed by atoms with Crippen LogP contribution in [-0.2, 0) is 14.3 Å². The topological polar surface area (TPSA) is 140 Å². The van der Waals surface area contributed by atoms with E-state index in [1.807, 2.05) is 0 Å². The molecule has 1 aliphatic heterocycles. The van der Waals surface area contributed by atoms with E-state index in [2.05, 4.69) is 10.3 Å². The van der Waals surface area contributed by atoms with E-state index in [-0.39, 0.29) is 31.2 Å². The number of carbonyl (C=O) groups excluding carboxylic acids is 3. The highest BCUT2D eigenvalue weighted by molar-refractivity contribution is 5.90.